The van der Waals surface area contributed by atoms with Gasteiger partial charge in [0.05, 0.1) is 12.2 Å². The van der Waals surface area contributed by atoms with E-state index in [1.165, 1.54) is 11.2 Å². The molecule has 30 heavy (non-hydrogen) atoms. The van der Waals surface area contributed by atoms with Gasteiger partial charge in [0.15, 0.2) is 11.6 Å². The van der Waals surface area contributed by atoms with Crippen LogP contribution in [0.25, 0.3) is 5.70 Å². The Balaban J connectivity index is 1.82. The van der Waals surface area contributed by atoms with E-state index >= 15 is 0 Å². The lowest BCUT2D eigenvalue weighted by atomic mass is 9.74. The van der Waals surface area contributed by atoms with Crippen molar-refractivity contribution in [1.82, 2.24) is 24.5 Å². The molecule has 1 fully saturated rings. The number of rotatable bonds is 3. The molecule has 2 atom stereocenters. The number of carbonyl (C=O) groups is 2. The molecule has 9 nitrogen and oxygen atoms in total. The van der Waals surface area contributed by atoms with Crippen molar-refractivity contribution >= 4 is 23.4 Å². The number of aryl methyl sites for hydroxylation is 1. The van der Waals surface area contributed by atoms with Gasteiger partial charge in [0.25, 0.3) is 0 Å². The Hall–Kier alpha value is -2.97. The lowest BCUT2D eigenvalue weighted by Crippen LogP contribution is -2.41. The minimum absolute atomic E-state index is 0.182. The summed E-state index contributed by atoms with van der Waals surface area (Å²) >= 11 is 0. The van der Waals surface area contributed by atoms with Crippen molar-refractivity contribution in [1.29, 1.82) is 0 Å². The zero-order valence-electron chi connectivity index (χ0n) is 18.1. The van der Waals surface area contributed by atoms with E-state index in [0.29, 0.717) is 36.7 Å². The van der Waals surface area contributed by atoms with Crippen LogP contribution in [0.2, 0.25) is 0 Å². The van der Waals surface area contributed by atoms with E-state index in [0.717, 1.165) is 6.42 Å². The average molecular weight is 412 g/mol. The van der Waals surface area contributed by atoms with Gasteiger partial charge >= 0.3 is 6.09 Å². The van der Waals surface area contributed by atoms with Gasteiger partial charge in [-0.2, -0.15) is 10.2 Å². The molecule has 1 aliphatic heterocycles. The third-order valence-corrected chi connectivity index (χ3v) is 5.73. The molecule has 3 heterocycles. The molecular weight excluding hydrogens is 384 g/mol. The number of allylic oxidation sites excluding steroid dienone is 1. The maximum atomic E-state index is 13.3. The van der Waals surface area contributed by atoms with Crippen molar-refractivity contribution in [2.24, 2.45) is 18.4 Å². The van der Waals surface area contributed by atoms with E-state index < -0.39 is 11.7 Å². The summed E-state index contributed by atoms with van der Waals surface area (Å²) < 4.78 is 9.14. The molecule has 1 aliphatic carbocycles. The number of carbonyl (C=O) groups excluding carboxylic acids is 2. The molecule has 0 radical (unpaired) electrons. The van der Waals surface area contributed by atoms with E-state index in [-0.39, 0.29) is 17.1 Å². The standard InChI is InChI=1S/C21H28N6O3/c1-20(2,3)30-19(29)27(17-8-9-25(5)24-17)16-11-21(4,14-6-7-15(28)10-14)12-26-18(16)22-13-23-26/h8-9,11,13-14H,6-7,10,12H2,1-5H3/t14-,21?/m0/s1. The number of Topliss-reactive ketones (excluding diaryl/α,β-unsaturated/α-hetero) is 1. The number of ketones is 1. The van der Waals surface area contributed by atoms with Gasteiger partial charge in [0.1, 0.15) is 17.7 Å². The Morgan fingerprint density at radius 1 is 1.37 bits per heavy atom. The fourth-order valence-corrected chi connectivity index (χ4v) is 4.26. The highest BCUT2D eigenvalue weighted by Crippen LogP contribution is 2.45. The van der Waals surface area contributed by atoms with Gasteiger partial charge in [-0.15, -0.1) is 0 Å². The fourth-order valence-electron chi connectivity index (χ4n) is 4.26. The lowest BCUT2D eigenvalue weighted by molar-refractivity contribution is -0.117. The highest BCUT2D eigenvalue weighted by molar-refractivity contribution is 6.01. The predicted molar refractivity (Wildman–Crippen MR) is 110 cm³/mol. The van der Waals surface area contributed by atoms with E-state index in [1.54, 1.807) is 28.7 Å². The van der Waals surface area contributed by atoms with Crippen LogP contribution in [-0.2, 0) is 23.1 Å². The van der Waals surface area contributed by atoms with Crippen LogP contribution in [-0.4, -0.2) is 42.0 Å². The second kappa shape index (κ2) is 7.07. The Labute approximate surface area is 175 Å². The van der Waals surface area contributed by atoms with E-state index in [1.807, 2.05) is 20.8 Å². The first-order chi connectivity index (χ1) is 14.1. The summed E-state index contributed by atoms with van der Waals surface area (Å²) in [6.07, 6.45) is 6.76. The minimum Gasteiger partial charge on any atom is -0.443 e. The highest BCUT2D eigenvalue weighted by Gasteiger charge is 2.43. The van der Waals surface area contributed by atoms with Gasteiger partial charge in [-0.05, 0) is 39.2 Å². The van der Waals surface area contributed by atoms with Crippen LogP contribution in [0, 0.1) is 11.3 Å². The molecule has 2 aliphatic rings. The molecule has 160 valence electrons. The largest absolute Gasteiger partial charge is 0.443 e. The molecule has 0 aromatic carbocycles. The number of ether oxygens (including phenoxy) is 1. The van der Waals surface area contributed by atoms with Crippen LogP contribution in [0.5, 0.6) is 0 Å². The summed E-state index contributed by atoms with van der Waals surface area (Å²) in [6.45, 7) is 8.20. The smallest absolute Gasteiger partial charge is 0.420 e. The van der Waals surface area contributed by atoms with Crippen molar-refractivity contribution in [3.05, 3.63) is 30.5 Å². The second-order valence-electron chi connectivity index (χ2n) is 9.42. The molecule has 2 aromatic rings. The maximum absolute atomic E-state index is 13.3. The first-order valence-corrected chi connectivity index (χ1v) is 10.2. The van der Waals surface area contributed by atoms with Crippen LogP contribution in [0.3, 0.4) is 0 Å². The van der Waals surface area contributed by atoms with Crippen LogP contribution in [0.4, 0.5) is 10.6 Å². The zero-order chi connectivity index (χ0) is 21.7. The van der Waals surface area contributed by atoms with E-state index in [9.17, 15) is 9.59 Å². The Morgan fingerprint density at radius 2 is 2.13 bits per heavy atom. The number of hydrogen-bond acceptors (Lipinski definition) is 6. The quantitative estimate of drug-likeness (QED) is 0.768. The maximum Gasteiger partial charge on any atom is 0.420 e. The van der Waals surface area contributed by atoms with Gasteiger partial charge in [0, 0.05) is 37.6 Å². The van der Waals surface area contributed by atoms with Crippen LogP contribution in [0.15, 0.2) is 24.7 Å². The predicted octanol–water partition coefficient (Wildman–Crippen LogP) is 3.18. The zero-order valence-corrected chi connectivity index (χ0v) is 18.1. The van der Waals surface area contributed by atoms with Crippen molar-refractivity contribution in [3.63, 3.8) is 0 Å². The summed E-state index contributed by atoms with van der Waals surface area (Å²) in [5.74, 6) is 1.49. The number of hydrogen-bond donors (Lipinski definition) is 0. The lowest BCUT2D eigenvalue weighted by Gasteiger charge is -2.38. The number of nitrogens with zero attached hydrogens (tertiary/aromatic N) is 6. The van der Waals surface area contributed by atoms with Crippen molar-refractivity contribution in [3.8, 4) is 0 Å². The molecule has 1 amide bonds. The van der Waals surface area contributed by atoms with E-state index in [2.05, 4.69) is 28.2 Å². The summed E-state index contributed by atoms with van der Waals surface area (Å²) in [7, 11) is 1.79. The van der Waals surface area contributed by atoms with Crippen molar-refractivity contribution in [2.45, 2.75) is 59.1 Å². The van der Waals surface area contributed by atoms with Gasteiger partial charge < -0.3 is 4.74 Å². The molecule has 2 aromatic heterocycles. The third-order valence-electron chi connectivity index (χ3n) is 5.73. The molecule has 1 unspecified atom stereocenters. The minimum atomic E-state index is -0.672. The molecule has 1 saturated carbocycles. The normalized spacial score (nSPS) is 23.8. The summed E-state index contributed by atoms with van der Waals surface area (Å²) in [5.41, 5.74) is -0.445. The second-order valence-corrected chi connectivity index (χ2v) is 9.42. The molecular formula is C21H28N6O3. The highest BCUT2D eigenvalue weighted by atomic mass is 16.6. The van der Waals surface area contributed by atoms with Crippen molar-refractivity contribution in [2.75, 3.05) is 4.90 Å². The number of aromatic nitrogens is 5. The Kier molecular flexibility index (Phi) is 4.79. The monoisotopic (exact) mass is 412 g/mol. The summed E-state index contributed by atoms with van der Waals surface area (Å²) in [5, 5.41) is 8.82. The van der Waals surface area contributed by atoms with E-state index in [4.69, 9.17) is 4.74 Å². The Morgan fingerprint density at radius 3 is 2.73 bits per heavy atom. The molecule has 0 saturated heterocycles. The summed E-state index contributed by atoms with van der Waals surface area (Å²) in [4.78, 5) is 31.1. The Bertz CT molecular complexity index is 1010. The topological polar surface area (TPSA) is 95.1 Å². The summed E-state index contributed by atoms with van der Waals surface area (Å²) in [6, 6.07) is 1.76. The van der Waals surface area contributed by atoms with Gasteiger partial charge in [-0.1, -0.05) is 6.92 Å². The third kappa shape index (κ3) is 3.76. The number of anilines is 1. The SMILES string of the molecule is Cn1ccc(N(C(=O)OC(C)(C)C)C2=CC(C)([C@H]3CCC(=O)C3)Cn3ncnc32)n1. The molecule has 9 heteroatoms. The first-order valence-electron chi connectivity index (χ1n) is 10.2. The first kappa shape index (κ1) is 20.3. The fraction of sp³-hybridized carbons (Fsp3) is 0.571. The number of fused-ring (bicyclic) bond motifs is 1. The molecule has 4 rings (SSSR count). The average Bonchev–Trinajstić information content (AvgIpc) is 3.35. The van der Waals surface area contributed by atoms with Gasteiger partial charge in [-0.3, -0.25) is 9.48 Å². The van der Waals surface area contributed by atoms with Gasteiger partial charge in [0.2, 0.25) is 0 Å². The van der Waals surface area contributed by atoms with Crippen LogP contribution < -0.4 is 4.90 Å². The van der Waals surface area contributed by atoms with Gasteiger partial charge in [-0.25, -0.2) is 19.4 Å². The molecule has 0 bridgehead atoms. The number of amides is 1. The van der Waals surface area contributed by atoms with Crippen molar-refractivity contribution < 1.29 is 14.3 Å². The van der Waals surface area contributed by atoms with Crippen LogP contribution >= 0.6 is 0 Å². The molecule has 0 spiro atoms. The molecule has 0 N–H and O–H groups in total. The van der Waals surface area contributed by atoms with Crippen LogP contribution in [0.1, 0.15) is 52.8 Å².